The van der Waals surface area contributed by atoms with Crippen molar-refractivity contribution in [3.63, 3.8) is 0 Å². The Morgan fingerprint density at radius 1 is 1.05 bits per heavy atom. The Kier molecular flexibility index (Phi) is 7.48. The Morgan fingerprint density at radius 3 is 2.05 bits per heavy atom. The van der Waals surface area contributed by atoms with Crippen molar-refractivity contribution in [2.24, 2.45) is 0 Å². The summed E-state index contributed by atoms with van der Waals surface area (Å²) >= 11 is 6.53. The van der Waals surface area contributed by atoms with Crippen LogP contribution in [0.5, 0.6) is 0 Å². The van der Waals surface area contributed by atoms with Crippen LogP contribution in [-0.2, 0) is 0 Å². The van der Waals surface area contributed by atoms with Crippen molar-refractivity contribution in [3.05, 3.63) is 73.2 Å². The van der Waals surface area contributed by atoms with Crippen LogP contribution in [0.3, 0.4) is 0 Å². The molecule has 0 spiro atoms. The van der Waals surface area contributed by atoms with Gasteiger partial charge < -0.3 is 5.73 Å². The van der Waals surface area contributed by atoms with Crippen molar-refractivity contribution in [1.29, 1.82) is 0 Å². The Hall–Kier alpha value is -1.99. The molecule has 2 N–H and O–H groups in total. The van der Waals surface area contributed by atoms with Gasteiger partial charge in [0.05, 0.1) is 13.9 Å². The summed E-state index contributed by atoms with van der Waals surface area (Å²) in [5.41, 5.74) is 7.43. The number of para-hydroxylation sites is 2. The van der Waals surface area contributed by atoms with Gasteiger partial charge in [-0.2, -0.15) is 0 Å². The van der Waals surface area contributed by atoms with Gasteiger partial charge in [-0.1, -0.05) is 30.3 Å². The average molecular weight is 428 g/mol. The number of nitrogens with two attached hydrogens (primary N) is 1. The van der Waals surface area contributed by atoms with Crippen molar-refractivity contribution < 1.29 is 9.72 Å². The zero-order chi connectivity index (χ0) is 16.5. The van der Waals surface area contributed by atoms with Crippen LogP contribution in [0.15, 0.2) is 51.9 Å². The molecular weight excluding hydrogens is 416 g/mol. The van der Waals surface area contributed by atoms with E-state index in [1.807, 2.05) is 30.3 Å². The Morgan fingerprint density at radius 2 is 1.59 bits per heavy atom. The highest BCUT2D eigenvalue weighted by Gasteiger charge is 2.09. The molecule has 0 saturated heterocycles. The minimum Gasteiger partial charge on any atom is -0.398 e. The topological polar surface area (TPSA) is 86.2 Å². The fourth-order valence-corrected chi connectivity index (χ4v) is 2.01. The Bertz CT molecular complexity index is 699. The molecule has 0 aliphatic carbocycles. The number of nitrogens with zero attached hydrogens (tertiary/aromatic N) is 1. The average Bonchev–Trinajstić information content (AvgIpc) is 2.49. The van der Waals surface area contributed by atoms with Gasteiger partial charge in [0.1, 0.15) is 0 Å². The second-order valence-electron chi connectivity index (χ2n) is 4.00. The molecule has 0 aromatic heterocycles. The first-order chi connectivity index (χ1) is 10.5. The molecule has 0 atom stereocenters. The summed E-state index contributed by atoms with van der Waals surface area (Å²) in [7, 11) is 0. The second kappa shape index (κ2) is 9.11. The molecule has 0 aliphatic rings. The smallest absolute Gasteiger partial charge is 0.279 e. The lowest BCUT2D eigenvalue weighted by molar-refractivity contribution is -0.385. The van der Waals surface area contributed by atoms with Gasteiger partial charge in [0.2, 0.25) is 0 Å². The number of aldehydes is 1. The molecule has 0 fully saturated rings. The van der Waals surface area contributed by atoms with E-state index in [4.69, 9.17) is 5.73 Å². The maximum Gasteiger partial charge on any atom is 0.279 e. The number of halogens is 2. The first-order valence-electron chi connectivity index (χ1n) is 6.01. The lowest BCUT2D eigenvalue weighted by Gasteiger charge is -1.97. The normalized spacial score (nSPS) is 9.18. The van der Waals surface area contributed by atoms with E-state index in [1.54, 1.807) is 6.07 Å². The van der Waals surface area contributed by atoms with Gasteiger partial charge in [-0.05, 0) is 55.6 Å². The summed E-state index contributed by atoms with van der Waals surface area (Å²) in [6, 6.07) is 13.5. The van der Waals surface area contributed by atoms with Crippen molar-refractivity contribution in [1.82, 2.24) is 0 Å². The fourth-order valence-electron chi connectivity index (χ4n) is 1.51. The molecular formula is C15H12Br2N2O3. The Labute approximate surface area is 144 Å². The monoisotopic (exact) mass is 426 g/mol. The molecule has 0 aliphatic heterocycles. The third-order valence-corrected chi connectivity index (χ3v) is 2.98. The summed E-state index contributed by atoms with van der Waals surface area (Å²) in [4.78, 5) is 19.9. The van der Waals surface area contributed by atoms with Crippen LogP contribution >= 0.6 is 31.9 Å². The number of rotatable bonds is 3. The van der Waals surface area contributed by atoms with E-state index in [1.165, 1.54) is 18.2 Å². The van der Waals surface area contributed by atoms with Crippen LogP contribution < -0.4 is 5.73 Å². The fraction of sp³-hybridized carbons (Fsp3) is 0. The number of hydrogen-bond acceptors (Lipinski definition) is 4. The number of benzene rings is 2. The minimum atomic E-state index is -0.580. The third-order valence-electron chi connectivity index (χ3n) is 2.52. The quantitative estimate of drug-likeness (QED) is 0.331. The van der Waals surface area contributed by atoms with Crippen molar-refractivity contribution in [2.75, 3.05) is 5.73 Å². The highest BCUT2D eigenvalue weighted by molar-refractivity contribution is 9.28. The highest BCUT2D eigenvalue weighted by atomic mass is 79.9. The maximum absolute atomic E-state index is 10.2. The number of carbonyl (C=O) groups excluding carboxylic acids is 1. The predicted molar refractivity (Wildman–Crippen MR) is 95.2 cm³/mol. The zero-order valence-electron chi connectivity index (χ0n) is 11.3. The standard InChI is InChI=1S/C8H7Br2N.C7H5NO3/c9-8(10)5-6-3-1-2-4-7(6)11;9-5-6-3-1-2-4-7(6)8(10)11/h1-5H,11H2;1-5H. The first kappa shape index (κ1) is 18.1. The van der Waals surface area contributed by atoms with Gasteiger partial charge in [0.15, 0.2) is 6.29 Å². The molecule has 22 heavy (non-hydrogen) atoms. The van der Waals surface area contributed by atoms with Gasteiger partial charge >= 0.3 is 0 Å². The number of nitro benzene ring substituents is 1. The van der Waals surface area contributed by atoms with Crippen molar-refractivity contribution in [3.8, 4) is 0 Å². The van der Waals surface area contributed by atoms with E-state index in [0.717, 1.165) is 14.6 Å². The number of carbonyl (C=O) groups is 1. The largest absolute Gasteiger partial charge is 0.398 e. The Balaban J connectivity index is 0.000000220. The molecule has 2 aromatic carbocycles. The van der Waals surface area contributed by atoms with Crippen molar-refractivity contribution in [2.45, 2.75) is 0 Å². The molecule has 0 heterocycles. The number of nitrogen functional groups attached to an aromatic ring is 1. The molecule has 0 radical (unpaired) electrons. The third kappa shape index (κ3) is 5.79. The molecule has 0 saturated carbocycles. The maximum atomic E-state index is 10.2. The van der Waals surface area contributed by atoms with E-state index in [2.05, 4.69) is 31.9 Å². The van der Waals surface area contributed by atoms with Gasteiger partial charge in [-0.3, -0.25) is 14.9 Å². The molecule has 5 nitrogen and oxygen atoms in total. The van der Waals surface area contributed by atoms with E-state index < -0.39 is 4.92 Å². The summed E-state index contributed by atoms with van der Waals surface area (Å²) in [5, 5.41) is 10.2. The van der Waals surface area contributed by atoms with Crippen LogP contribution in [0.25, 0.3) is 6.08 Å². The molecule has 0 bridgehead atoms. The number of nitro groups is 1. The van der Waals surface area contributed by atoms with Crippen LogP contribution in [0.2, 0.25) is 0 Å². The van der Waals surface area contributed by atoms with Crippen LogP contribution in [-0.4, -0.2) is 11.2 Å². The molecule has 2 rings (SSSR count). The number of hydrogen-bond donors (Lipinski definition) is 1. The van der Waals surface area contributed by atoms with Gasteiger partial charge in [0.25, 0.3) is 5.69 Å². The second-order valence-corrected chi connectivity index (χ2v) is 6.77. The first-order valence-corrected chi connectivity index (χ1v) is 7.60. The van der Waals surface area contributed by atoms with E-state index >= 15 is 0 Å². The highest BCUT2D eigenvalue weighted by Crippen LogP contribution is 2.21. The van der Waals surface area contributed by atoms with Crippen LogP contribution in [0.1, 0.15) is 15.9 Å². The number of anilines is 1. The molecule has 2 aromatic rings. The van der Waals surface area contributed by atoms with Crippen molar-refractivity contribution >= 4 is 55.6 Å². The van der Waals surface area contributed by atoms with Gasteiger partial charge in [-0.15, -0.1) is 0 Å². The summed E-state index contributed by atoms with van der Waals surface area (Å²) in [6.45, 7) is 0. The summed E-state index contributed by atoms with van der Waals surface area (Å²) in [6.07, 6.45) is 2.38. The minimum absolute atomic E-state index is 0.109. The lowest BCUT2D eigenvalue weighted by Crippen LogP contribution is -1.92. The van der Waals surface area contributed by atoms with E-state index in [0.29, 0.717) is 6.29 Å². The lowest BCUT2D eigenvalue weighted by atomic mass is 10.2. The molecule has 0 amide bonds. The van der Waals surface area contributed by atoms with Gasteiger partial charge in [0, 0.05) is 11.8 Å². The van der Waals surface area contributed by atoms with E-state index in [-0.39, 0.29) is 11.3 Å². The van der Waals surface area contributed by atoms with Crippen LogP contribution in [0, 0.1) is 10.1 Å². The molecule has 114 valence electrons. The summed E-state index contributed by atoms with van der Waals surface area (Å²) in [5.74, 6) is 0. The van der Waals surface area contributed by atoms with E-state index in [9.17, 15) is 14.9 Å². The molecule has 0 unspecified atom stereocenters. The van der Waals surface area contributed by atoms with Gasteiger partial charge in [-0.25, -0.2) is 0 Å². The predicted octanol–water partition coefficient (Wildman–Crippen LogP) is 4.76. The summed E-state index contributed by atoms with van der Waals surface area (Å²) < 4.78 is 0.892. The SMILES string of the molecule is Nc1ccccc1C=C(Br)Br.O=Cc1ccccc1[N+](=O)[O-]. The zero-order valence-corrected chi connectivity index (χ0v) is 14.5. The van der Waals surface area contributed by atoms with Crippen LogP contribution in [0.4, 0.5) is 11.4 Å². The molecule has 7 heteroatoms.